The lowest BCUT2D eigenvalue weighted by Crippen LogP contribution is -2.40. The minimum Gasteiger partial charge on any atom is -0.461 e. The van der Waals surface area contributed by atoms with E-state index < -0.39 is 5.92 Å². The van der Waals surface area contributed by atoms with E-state index in [0.29, 0.717) is 17.8 Å². The van der Waals surface area contributed by atoms with Gasteiger partial charge in [-0.15, -0.1) is 0 Å². The number of nitrogens with one attached hydrogen (secondary N) is 2. The van der Waals surface area contributed by atoms with Crippen molar-refractivity contribution in [3.63, 3.8) is 0 Å². The van der Waals surface area contributed by atoms with Gasteiger partial charge in [0.15, 0.2) is 0 Å². The van der Waals surface area contributed by atoms with E-state index in [0.717, 1.165) is 12.0 Å². The summed E-state index contributed by atoms with van der Waals surface area (Å²) in [6, 6.07) is 16.5. The molecular formula is C23H21BrN2O4. The second kappa shape index (κ2) is 7.54. The standard InChI is InChI=1S/C23H21BrN2O4/c24-19-15-10-16-18(23(29)30-20(16)19)17(15)22(28)26-14-8-4-7-13(9-14)21(27)25-11-12-5-2-1-3-6-12/h1-9,15-20H,10-11H2,(H,25,27)(H,26,28)/t15-,16-,17-,18-,19+,20+/m1/s1. The molecule has 154 valence electrons. The van der Waals surface area contributed by atoms with Crippen molar-refractivity contribution in [3.05, 3.63) is 65.7 Å². The van der Waals surface area contributed by atoms with E-state index >= 15 is 0 Å². The number of carbonyl (C=O) groups excluding carboxylic acids is 3. The van der Waals surface area contributed by atoms with Crippen LogP contribution >= 0.6 is 15.9 Å². The van der Waals surface area contributed by atoms with Crippen LogP contribution in [-0.2, 0) is 20.9 Å². The highest BCUT2D eigenvalue weighted by Crippen LogP contribution is 2.60. The largest absolute Gasteiger partial charge is 0.461 e. The van der Waals surface area contributed by atoms with Crippen LogP contribution in [0.2, 0.25) is 0 Å². The minimum atomic E-state index is -0.402. The second-order valence-corrected chi connectivity index (χ2v) is 9.26. The topological polar surface area (TPSA) is 84.5 Å². The van der Waals surface area contributed by atoms with Crippen molar-refractivity contribution in [1.82, 2.24) is 5.32 Å². The highest BCUT2D eigenvalue weighted by atomic mass is 79.9. The molecule has 0 radical (unpaired) electrons. The van der Waals surface area contributed by atoms with Crippen molar-refractivity contribution in [1.29, 1.82) is 0 Å². The molecule has 30 heavy (non-hydrogen) atoms. The van der Waals surface area contributed by atoms with Gasteiger partial charge in [0.25, 0.3) is 5.91 Å². The van der Waals surface area contributed by atoms with Gasteiger partial charge in [-0.1, -0.05) is 52.3 Å². The lowest BCUT2D eigenvalue weighted by Gasteiger charge is -2.27. The third kappa shape index (κ3) is 3.21. The molecule has 0 unspecified atom stereocenters. The Bertz CT molecular complexity index is 1010. The zero-order chi connectivity index (χ0) is 20.8. The van der Waals surface area contributed by atoms with Crippen molar-refractivity contribution >= 4 is 39.4 Å². The van der Waals surface area contributed by atoms with Gasteiger partial charge in [0.05, 0.1) is 16.7 Å². The van der Waals surface area contributed by atoms with Crippen molar-refractivity contribution in [3.8, 4) is 0 Å². The molecule has 6 atom stereocenters. The second-order valence-electron chi connectivity index (χ2n) is 8.20. The molecule has 5 rings (SSSR count). The summed E-state index contributed by atoms with van der Waals surface area (Å²) < 4.78 is 5.48. The van der Waals surface area contributed by atoms with Crippen LogP contribution in [0.5, 0.6) is 0 Å². The van der Waals surface area contributed by atoms with Crippen LogP contribution in [0.15, 0.2) is 54.6 Å². The number of amides is 2. The monoisotopic (exact) mass is 468 g/mol. The Labute approximate surface area is 182 Å². The van der Waals surface area contributed by atoms with E-state index in [1.54, 1.807) is 24.3 Å². The lowest BCUT2D eigenvalue weighted by molar-refractivity contribution is -0.145. The van der Waals surface area contributed by atoms with E-state index in [1.807, 2.05) is 30.3 Å². The fraction of sp³-hybridized carbons (Fsp3) is 0.348. The number of esters is 1. The van der Waals surface area contributed by atoms with Gasteiger partial charge >= 0.3 is 5.97 Å². The first kappa shape index (κ1) is 19.3. The predicted octanol–water partition coefficient (Wildman–Crippen LogP) is 3.13. The summed E-state index contributed by atoms with van der Waals surface area (Å²) in [4.78, 5) is 37.8. The Morgan fingerprint density at radius 2 is 1.87 bits per heavy atom. The predicted molar refractivity (Wildman–Crippen MR) is 114 cm³/mol. The van der Waals surface area contributed by atoms with Gasteiger partial charge in [0.1, 0.15) is 6.10 Å². The molecule has 3 fully saturated rings. The van der Waals surface area contributed by atoms with Crippen LogP contribution in [0.4, 0.5) is 5.69 Å². The van der Waals surface area contributed by atoms with E-state index in [9.17, 15) is 14.4 Å². The summed E-state index contributed by atoms with van der Waals surface area (Å²) in [6.45, 7) is 0.430. The zero-order valence-corrected chi connectivity index (χ0v) is 17.7. The third-order valence-corrected chi connectivity index (χ3v) is 7.71. The third-order valence-electron chi connectivity index (χ3n) is 6.51. The van der Waals surface area contributed by atoms with Crippen LogP contribution in [-0.4, -0.2) is 28.7 Å². The Morgan fingerprint density at radius 3 is 2.67 bits per heavy atom. The van der Waals surface area contributed by atoms with E-state index in [2.05, 4.69) is 26.6 Å². The molecule has 1 aliphatic heterocycles. The SMILES string of the molecule is O=C(NCc1ccccc1)c1cccc(NC(=O)[C@@H]2[C@H]3C[C@H]4[C@H](OC(=O)[C@H]42)[C@H]3Br)c1. The highest BCUT2D eigenvalue weighted by molar-refractivity contribution is 9.09. The van der Waals surface area contributed by atoms with Crippen LogP contribution in [0, 0.1) is 23.7 Å². The fourth-order valence-corrected chi connectivity index (χ4v) is 6.22. The van der Waals surface area contributed by atoms with E-state index in [4.69, 9.17) is 4.74 Å². The number of carbonyl (C=O) groups is 3. The quantitative estimate of drug-likeness (QED) is 0.521. The van der Waals surface area contributed by atoms with Crippen LogP contribution in [0.25, 0.3) is 0 Å². The number of rotatable bonds is 5. The Hall–Kier alpha value is -2.67. The molecule has 2 bridgehead atoms. The van der Waals surface area contributed by atoms with E-state index in [-0.39, 0.29) is 46.5 Å². The molecule has 1 saturated heterocycles. The molecule has 0 spiro atoms. The molecule has 2 aromatic rings. The maximum absolute atomic E-state index is 13.0. The molecule has 6 nitrogen and oxygen atoms in total. The molecule has 1 heterocycles. The van der Waals surface area contributed by atoms with Gasteiger partial charge < -0.3 is 15.4 Å². The van der Waals surface area contributed by atoms with Crippen LogP contribution in [0.1, 0.15) is 22.3 Å². The number of alkyl halides is 1. The van der Waals surface area contributed by atoms with Gasteiger partial charge in [0, 0.05) is 23.7 Å². The van der Waals surface area contributed by atoms with Gasteiger partial charge in [-0.3, -0.25) is 14.4 Å². The maximum Gasteiger partial charge on any atom is 0.310 e. The smallest absolute Gasteiger partial charge is 0.310 e. The molecule has 7 heteroatoms. The molecular weight excluding hydrogens is 448 g/mol. The summed E-state index contributed by atoms with van der Waals surface area (Å²) in [7, 11) is 0. The normalized spacial score (nSPS) is 30.8. The van der Waals surface area contributed by atoms with Crippen LogP contribution in [0.3, 0.4) is 0 Å². The van der Waals surface area contributed by atoms with Crippen molar-refractivity contribution in [2.45, 2.75) is 23.9 Å². The summed E-state index contributed by atoms with van der Waals surface area (Å²) >= 11 is 3.63. The minimum absolute atomic E-state index is 0.0241. The van der Waals surface area contributed by atoms with E-state index in [1.165, 1.54) is 0 Å². The summed E-state index contributed by atoms with van der Waals surface area (Å²) in [5.41, 5.74) is 2.03. The molecule has 3 aliphatic rings. The Balaban J connectivity index is 1.26. The Morgan fingerprint density at radius 1 is 1.07 bits per heavy atom. The highest BCUT2D eigenvalue weighted by Gasteiger charge is 2.67. The molecule has 2 aromatic carbocycles. The summed E-state index contributed by atoms with van der Waals surface area (Å²) in [5, 5.41) is 5.80. The first-order valence-corrected chi connectivity index (χ1v) is 11.0. The number of ether oxygens (including phenoxy) is 1. The van der Waals surface area contributed by atoms with Gasteiger partial charge in [-0.2, -0.15) is 0 Å². The van der Waals surface area contributed by atoms with Crippen LogP contribution < -0.4 is 10.6 Å². The van der Waals surface area contributed by atoms with Gasteiger partial charge in [0.2, 0.25) is 5.91 Å². The first-order valence-electron chi connectivity index (χ1n) is 10.1. The number of halogens is 1. The Kier molecular flexibility index (Phi) is 4.85. The van der Waals surface area contributed by atoms with Crippen molar-refractivity contribution in [2.24, 2.45) is 23.7 Å². The zero-order valence-electron chi connectivity index (χ0n) is 16.1. The molecule has 2 N–H and O–H groups in total. The van der Waals surface area contributed by atoms with Gasteiger partial charge in [-0.25, -0.2) is 0 Å². The van der Waals surface area contributed by atoms with Crippen molar-refractivity contribution in [2.75, 3.05) is 5.32 Å². The molecule has 2 saturated carbocycles. The molecule has 2 aliphatic carbocycles. The molecule has 0 aromatic heterocycles. The van der Waals surface area contributed by atoms with Crippen molar-refractivity contribution < 1.29 is 19.1 Å². The summed E-state index contributed by atoms with van der Waals surface area (Å²) in [5.74, 6) is -1.20. The lowest BCUT2D eigenvalue weighted by atomic mass is 9.79. The average molecular weight is 469 g/mol. The fourth-order valence-electron chi connectivity index (χ4n) is 5.17. The number of benzene rings is 2. The number of fused-ring (bicyclic) bond motifs is 1. The number of anilines is 1. The maximum atomic E-state index is 13.0. The number of hydrogen-bond acceptors (Lipinski definition) is 4. The molecule has 2 amide bonds. The van der Waals surface area contributed by atoms with Gasteiger partial charge in [-0.05, 0) is 36.1 Å². The first-order chi connectivity index (χ1) is 14.5. The average Bonchev–Trinajstić information content (AvgIpc) is 3.37. The number of hydrogen-bond donors (Lipinski definition) is 2. The summed E-state index contributed by atoms with van der Waals surface area (Å²) in [6.07, 6.45) is 0.727.